The van der Waals surface area contributed by atoms with E-state index in [0.29, 0.717) is 5.56 Å². The van der Waals surface area contributed by atoms with Crippen LogP contribution in [0.25, 0.3) is 10.9 Å². The topological polar surface area (TPSA) is 54.9 Å². The number of benzene rings is 1. The second kappa shape index (κ2) is 5.38. The van der Waals surface area contributed by atoms with E-state index in [2.05, 4.69) is 31.2 Å². The number of fused-ring (bicyclic) bond motifs is 1. The molecule has 0 spiro atoms. The van der Waals surface area contributed by atoms with Gasteiger partial charge in [-0.05, 0) is 36.4 Å². The van der Waals surface area contributed by atoms with Gasteiger partial charge in [0.15, 0.2) is 0 Å². The van der Waals surface area contributed by atoms with Crippen molar-refractivity contribution in [1.29, 1.82) is 0 Å². The first-order valence-electron chi connectivity index (χ1n) is 6.00. The summed E-state index contributed by atoms with van der Waals surface area (Å²) in [7, 11) is 0. The van der Waals surface area contributed by atoms with E-state index in [4.69, 9.17) is 0 Å². The van der Waals surface area contributed by atoms with Gasteiger partial charge in [-0.3, -0.25) is 14.8 Å². The highest BCUT2D eigenvalue weighted by molar-refractivity contribution is 9.10. The Bertz CT molecular complexity index is 774. The number of amides is 1. The number of halogens is 1. The standard InChI is InChI=1S/C15H10BrN3O/c16-11-1-2-13-12(9-11)14(5-8-18-13)19-15(20)10-3-6-17-7-4-10/h1-9H,(H,18,19,20). The summed E-state index contributed by atoms with van der Waals surface area (Å²) in [6.45, 7) is 0. The summed E-state index contributed by atoms with van der Waals surface area (Å²) in [4.78, 5) is 20.4. The molecule has 3 aromatic rings. The molecule has 2 aromatic heterocycles. The van der Waals surface area contributed by atoms with Crippen LogP contribution in [0, 0.1) is 0 Å². The van der Waals surface area contributed by atoms with Crippen molar-refractivity contribution in [2.75, 3.05) is 5.32 Å². The van der Waals surface area contributed by atoms with Crippen molar-refractivity contribution in [1.82, 2.24) is 9.97 Å². The summed E-state index contributed by atoms with van der Waals surface area (Å²) >= 11 is 3.43. The maximum atomic E-state index is 12.2. The fourth-order valence-electron chi connectivity index (χ4n) is 1.93. The molecule has 4 nitrogen and oxygen atoms in total. The van der Waals surface area contributed by atoms with Gasteiger partial charge in [-0.1, -0.05) is 15.9 Å². The molecular weight excluding hydrogens is 318 g/mol. The summed E-state index contributed by atoms with van der Waals surface area (Å²) in [6, 6.07) is 10.9. The Labute approximate surface area is 124 Å². The number of nitrogens with one attached hydrogen (secondary N) is 1. The largest absolute Gasteiger partial charge is 0.321 e. The lowest BCUT2D eigenvalue weighted by Gasteiger charge is -2.08. The van der Waals surface area contributed by atoms with E-state index in [-0.39, 0.29) is 5.91 Å². The zero-order valence-corrected chi connectivity index (χ0v) is 12.0. The van der Waals surface area contributed by atoms with Crippen molar-refractivity contribution in [2.45, 2.75) is 0 Å². The number of pyridine rings is 2. The molecule has 0 aliphatic heterocycles. The number of anilines is 1. The second-order valence-electron chi connectivity index (χ2n) is 4.21. The third-order valence-electron chi connectivity index (χ3n) is 2.89. The van der Waals surface area contributed by atoms with E-state index in [1.807, 2.05) is 18.2 Å². The lowest BCUT2D eigenvalue weighted by molar-refractivity contribution is 0.102. The van der Waals surface area contributed by atoms with Gasteiger partial charge in [0.1, 0.15) is 0 Å². The highest BCUT2D eigenvalue weighted by atomic mass is 79.9. The van der Waals surface area contributed by atoms with Crippen LogP contribution in [0.3, 0.4) is 0 Å². The molecule has 0 unspecified atom stereocenters. The SMILES string of the molecule is O=C(Nc1ccnc2ccc(Br)cc12)c1ccncc1. The van der Waals surface area contributed by atoms with Gasteiger partial charge in [0, 0.05) is 34.0 Å². The van der Waals surface area contributed by atoms with E-state index < -0.39 is 0 Å². The minimum Gasteiger partial charge on any atom is -0.321 e. The number of nitrogens with zero attached hydrogens (tertiary/aromatic N) is 2. The Morgan fingerprint density at radius 1 is 1.05 bits per heavy atom. The van der Waals surface area contributed by atoms with Crippen molar-refractivity contribution in [3.05, 3.63) is 65.0 Å². The van der Waals surface area contributed by atoms with Gasteiger partial charge >= 0.3 is 0 Å². The fourth-order valence-corrected chi connectivity index (χ4v) is 2.29. The molecule has 5 heteroatoms. The van der Waals surface area contributed by atoms with Gasteiger partial charge in [-0.15, -0.1) is 0 Å². The lowest BCUT2D eigenvalue weighted by Crippen LogP contribution is -2.12. The smallest absolute Gasteiger partial charge is 0.255 e. The Morgan fingerprint density at radius 3 is 2.65 bits per heavy atom. The Balaban J connectivity index is 1.99. The van der Waals surface area contributed by atoms with Gasteiger partial charge in [-0.25, -0.2) is 0 Å². The average molecular weight is 328 g/mol. The van der Waals surface area contributed by atoms with Crippen LogP contribution in [0.15, 0.2) is 59.5 Å². The fraction of sp³-hybridized carbons (Fsp3) is 0. The molecular formula is C15H10BrN3O. The minimum atomic E-state index is -0.167. The van der Waals surface area contributed by atoms with Gasteiger partial charge in [0.2, 0.25) is 0 Å². The Morgan fingerprint density at radius 2 is 1.85 bits per heavy atom. The molecule has 0 saturated heterocycles. The maximum absolute atomic E-state index is 12.2. The van der Waals surface area contributed by atoms with E-state index in [0.717, 1.165) is 21.1 Å². The van der Waals surface area contributed by atoms with Gasteiger partial charge in [-0.2, -0.15) is 0 Å². The van der Waals surface area contributed by atoms with Crippen LogP contribution in [-0.2, 0) is 0 Å². The molecule has 0 aliphatic rings. The van der Waals surface area contributed by atoms with Crippen molar-refractivity contribution in [3.63, 3.8) is 0 Å². The highest BCUT2D eigenvalue weighted by Crippen LogP contribution is 2.25. The predicted octanol–water partition coefficient (Wildman–Crippen LogP) is 3.64. The number of carbonyl (C=O) groups excluding carboxylic acids is 1. The predicted molar refractivity (Wildman–Crippen MR) is 81.6 cm³/mol. The summed E-state index contributed by atoms with van der Waals surface area (Å²) in [6.07, 6.45) is 4.87. The van der Waals surface area contributed by atoms with Crippen LogP contribution in [0.4, 0.5) is 5.69 Å². The van der Waals surface area contributed by atoms with Crippen LogP contribution < -0.4 is 5.32 Å². The third-order valence-corrected chi connectivity index (χ3v) is 3.39. The first kappa shape index (κ1) is 12.7. The van der Waals surface area contributed by atoms with Crippen molar-refractivity contribution >= 4 is 38.4 Å². The van der Waals surface area contributed by atoms with E-state index in [1.54, 1.807) is 36.8 Å². The van der Waals surface area contributed by atoms with Crippen LogP contribution in [0.1, 0.15) is 10.4 Å². The summed E-state index contributed by atoms with van der Waals surface area (Å²) in [5.74, 6) is -0.167. The molecule has 1 aromatic carbocycles. The van der Waals surface area contributed by atoms with Gasteiger partial charge in [0.05, 0.1) is 11.2 Å². The number of hydrogen-bond acceptors (Lipinski definition) is 3. The Hall–Kier alpha value is -2.27. The van der Waals surface area contributed by atoms with Crippen LogP contribution in [-0.4, -0.2) is 15.9 Å². The van der Waals surface area contributed by atoms with Crippen molar-refractivity contribution < 1.29 is 4.79 Å². The molecule has 20 heavy (non-hydrogen) atoms. The summed E-state index contributed by atoms with van der Waals surface area (Å²) in [5.41, 5.74) is 2.14. The summed E-state index contributed by atoms with van der Waals surface area (Å²) < 4.78 is 0.942. The number of rotatable bonds is 2. The molecule has 0 bridgehead atoms. The molecule has 0 atom stereocenters. The van der Waals surface area contributed by atoms with Crippen molar-refractivity contribution in [2.24, 2.45) is 0 Å². The van der Waals surface area contributed by atoms with Crippen LogP contribution in [0.2, 0.25) is 0 Å². The molecule has 0 saturated carbocycles. The molecule has 0 fully saturated rings. The molecule has 3 rings (SSSR count). The van der Waals surface area contributed by atoms with E-state index in [1.165, 1.54) is 0 Å². The van der Waals surface area contributed by atoms with E-state index >= 15 is 0 Å². The molecule has 98 valence electrons. The molecule has 0 aliphatic carbocycles. The summed E-state index contributed by atoms with van der Waals surface area (Å²) in [5, 5.41) is 3.79. The van der Waals surface area contributed by atoms with E-state index in [9.17, 15) is 4.79 Å². The number of hydrogen-bond donors (Lipinski definition) is 1. The minimum absolute atomic E-state index is 0.167. The van der Waals surface area contributed by atoms with Gasteiger partial charge in [0.25, 0.3) is 5.91 Å². The first-order valence-corrected chi connectivity index (χ1v) is 6.79. The second-order valence-corrected chi connectivity index (χ2v) is 5.13. The molecule has 1 N–H and O–H groups in total. The lowest BCUT2D eigenvalue weighted by atomic mass is 10.1. The van der Waals surface area contributed by atoms with Crippen LogP contribution in [0.5, 0.6) is 0 Å². The first-order chi connectivity index (χ1) is 9.74. The normalized spacial score (nSPS) is 10.4. The molecule has 2 heterocycles. The number of aromatic nitrogens is 2. The van der Waals surface area contributed by atoms with Crippen molar-refractivity contribution in [3.8, 4) is 0 Å². The third kappa shape index (κ3) is 2.53. The Kier molecular flexibility index (Phi) is 3.43. The maximum Gasteiger partial charge on any atom is 0.255 e. The number of carbonyl (C=O) groups is 1. The molecule has 0 radical (unpaired) electrons. The average Bonchev–Trinajstić information content (AvgIpc) is 2.49. The molecule has 1 amide bonds. The van der Waals surface area contributed by atoms with Gasteiger partial charge < -0.3 is 5.32 Å². The zero-order valence-electron chi connectivity index (χ0n) is 10.4. The monoisotopic (exact) mass is 327 g/mol. The quantitative estimate of drug-likeness (QED) is 0.781. The zero-order chi connectivity index (χ0) is 13.9. The highest BCUT2D eigenvalue weighted by Gasteiger charge is 2.08. The van der Waals surface area contributed by atoms with Crippen LogP contribution >= 0.6 is 15.9 Å².